The maximum atomic E-state index is 13.1. The molecule has 2 aromatic rings. The molecule has 1 atom stereocenters. The molecule has 1 aromatic carbocycles. The lowest BCUT2D eigenvalue weighted by Crippen LogP contribution is -2.46. The molecule has 3 heterocycles. The Morgan fingerprint density at radius 1 is 1.10 bits per heavy atom. The number of sulfonamides is 1. The molecule has 9 heteroatoms. The minimum Gasteiger partial charge on any atom is -0.335 e. The van der Waals surface area contributed by atoms with Gasteiger partial charge in [0.05, 0.1) is 16.1 Å². The van der Waals surface area contributed by atoms with Crippen LogP contribution in [0.3, 0.4) is 0 Å². The third-order valence-corrected chi connectivity index (χ3v) is 9.73. The molecule has 0 spiro atoms. The summed E-state index contributed by atoms with van der Waals surface area (Å²) in [4.78, 5) is 16.4. The average Bonchev–Trinajstić information content (AvgIpc) is 3.17. The molecule has 2 aliphatic heterocycles. The largest absolute Gasteiger partial charge is 0.335 e. The summed E-state index contributed by atoms with van der Waals surface area (Å²) in [6, 6.07) is 6.83. The van der Waals surface area contributed by atoms with E-state index < -0.39 is 10.0 Å². The molecule has 0 unspecified atom stereocenters. The van der Waals surface area contributed by atoms with Crippen LogP contribution in [0.4, 0.5) is 0 Å². The van der Waals surface area contributed by atoms with E-state index in [0.717, 1.165) is 13.0 Å². The Kier molecular flexibility index (Phi) is 5.97. The van der Waals surface area contributed by atoms with E-state index in [0.29, 0.717) is 12.8 Å². The fraction of sp³-hybridized carbons (Fsp3) is 0.450. The van der Waals surface area contributed by atoms with Crippen LogP contribution in [0.2, 0.25) is 10.0 Å². The zero-order valence-corrected chi connectivity index (χ0v) is 19.1. The molecule has 156 valence electrons. The molecule has 0 radical (unpaired) electrons. The van der Waals surface area contributed by atoms with E-state index in [4.69, 9.17) is 23.2 Å². The van der Waals surface area contributed by atoms with E-state index in [-0.39, 0.29) is 45.9 Å². The van der Waals surface area contributed by atoms with Gasteiger partial charge < -0.3 is 4.90 Å². The zero-order valence-electron chi connectivity index (χ0n) is 16.0. The second-order valence-corrected chi connectivity index (χ2v) is 11.2. The van der Waals surface area contributed by atoms with Gasteiger partial charge in [-0.3, -0.25) is 4.79 Å². The van der Waals surface area contributed by atoms with E-state index in [1.165, 1.54) is 26.9 Å². The number of hydrogen-bond acceptors (Lipinski definition) is 4. The van der Waals surface area contributed by atoms with Crippen LogP contribution in [0.25, 0.3) is 0 Å². The highest BCUT2D eigenvalue weighted by Gasteiger charge is 2.37. The predicted molar refractivity (Wildman–Crippen MR) is 116 cm³/mol. The monoisotopic (exact) mass is 472 g/mol. The number of hydrogen-bond donors (Lipinski definition) is 0. The minimum absolute atomic E-state index is 0.0530. The Morgan fingerprint density at radius 3 is 2.41 bits per heavy atom. The van der Waals surface area contributed by atoms with Crippen LogP contribution in [0.1, 0.15) is 36.2 Å². The molecular formula is C20H22Cl2N2O3S2. The number of halogens is 2. The number of piperidine rings is 1. The van der Waals surface area contributed by atoms with Gasteiger partial charge >= 0.3 is 0 Å². The van der Waals surface area contributed by atoms with E-state index in [1.54, 1.807) is 17.4 Å². The zero-order chi connectivity index (χ0) is 20.8. The summed E-state index contributed by atoms with van der Waals surface area (Å²) in [5.74, 6) is -0.0343. The molecule has 5 nitrogen and oxygen atoms in total. The van der Waals surface area contributed by atoms with Crippen molar-refractivity contribution in [1.82, 2.24) is 9.21 Å². The topological polar surface area (TPSA) is 57.7 Å². The summed E-state index contributed by atoms with van der Waals surface area (Å²) in [7, 11) is -3.79. The first-order chi connectivity index (χ1) is 13.8. The fourth-order valence-electron chi connectivity index (χ4n) is 4.25. The second kappa shape index (κ2) is 8.19. The minimum atomic E-state index is -3.79. The molecule has 0 aliphatic carbocycles. The second-order valence-electron chi connectivity index (χ2n) is 7.49. The summed E-state index contributed by atoms with van der Waals surface area (Å²) in [5.41, 5.74) is 1.24. The molecule has 0 N–H and O–H groups in total. The number of nitrogens with zero attached hydrogens (tertiary/aromatic N) is 2. The van der Waals surface area contributed by atoms with Gasteiger partial charge in [-0.2, -0.15) is 4.31 Å². The lowest BCUT2D eigenvalue weighted by atomic mass is 9.93. The van der Waals surface area contributed by atoms with E-state index in [1.807, 2.05) is 4.90 Å². The first-order valence-corrected chi connectivity index (χ1v) is 12.7. The average molecular weight is 473 g/mol. The quantitative estimate of drug-likeness (QED) is 0.655. The van der Waals surface area contributed by atoms with Crippen LogP contribution < -0.4 is 0 Å². The van der Waals surface area contributed by atoms with Crippen LogP contribution in [0, 0.1) is 5.92 Å². The number of fused-ring (bicyclic) bond motifs is 1. The first kappa shape index (κ1) is 21.1. The molecule has 0 saturated carbocycles. The van der Waals surface area contributed by atoms with E-state index >= 15 is 0 Å². The Hall–Kier alpha value is -1.12. The maximum Gasteiger partial charge on any atom is 0.246 e. The van der Waals surface area contributed by atoms with Gasteiger partial charge in [0.2, 0.25) is 15.9 Å². The highest BCUT2D eigenvalue weighted by molar-refractivity contribution is 7.89. The number of rotatable bonds is 3. The van der Waals surface area contributed by atoms with Crippen LogP contribution in [0.15, 0.2) is 34.5 Å². The number of amides is 1. The highest BCUT2D eigenvalue weighted by Crippen LogP contribution is 2.36. The van der Waals surface area contributed by atoms with Crippen LogP contribution in [-0.4, -0.2) is 43.2 Å². The van der Waals surface area contributed by atoms with E-state index in [9.17, 15) is 13.2 Å². The number of benzene rings is 1. The summed E-state index contributed by atoms with van der Waals surface area (Å²) in [6.45, 7) is 3.36. The normalized spacial score (nSPS) is 21.2. The van der Waals surface area contributed by atoms with Gasteiger partial charge in [-0.25, -0.2) is 8.42 Å². The molecule has 0 bridgehead atoms. The molecule has 1 aromatic heterocycles. The third kappa shape index (κ3) is 3.83. The van der Waals surface area contributed by atoms with Gasteiger partial charge in [-0.1, -0.05) is 29.3 Å². The molecule has 29 heavy (non-hydrogen) atoms. The lowest BCUT2D eigenvalue weighted by Gasteiger charge is -2.38. The first-order valence-electron chi connectivity index (χ1n) is 9.61. The van der Waals surface area contributed by atoms with Gasteiger partial charge in [-0.15, -0.1) is 11.3 Å². The van der Waals surface area contributed by atoms with Crippen molar-refractivity contribution < 1.29 is 13.2 Å². The molecule has 4 rings (SSSR count). The van der Waals surface area contributed by atoms with Crippen molar-refractivity contribution in [2.24, 2.45) is 5.92 Å². The SMILES string of the molecule is C[C@@H]1c2ccsc2CCN1C(=O)C1CCN(S(=O)(=O)c2c(Cl)cccc2Cl)CC1. The molecule has 1 amide bonds. The van der Waals surface area contributed by atoms with Crippen LogP contribution in [0.5, 0.6) is 0 Å². The van der Waals surface area contributed by atoms with Gasteiger partial charge in [0, 0.05) is 30.4 Å². The number of thiophene rings is 1. The Bertz CT molecular complexity index is 1010. The van der Waals surface area contributed by atoms with Gasteiger partial charge in [0.15, 0.2) is 0 Å². The molecule has 1 saturated heterocycles. The van der Waals surface area contributed by atoms with Gasteiger partial charge in [0.1, 0.15) is 4.90 Å². The van der Waals surface area contributed by atoms with E-state index in [2.05, 4.69) is 18.4 Å². The lowest BCUT2D eigenvalue weighted by molar-refractivity contribution is -0.139. The third-order valence-electron chi connectivity index (χ3n) is 5.88. The highest BCUT2D eigenvalue weighted by atomic mass is 35.5. The van der Waals surface area contributed by atoms with Crippen molar-refractivity contribution in [3.05, 3.63) is 50.1 Å². The fourth-order valence-corrected chi connectivity index (χ4v) is 7.77. The smallest absolute Gasteiger partial charge is 0.246 e. The summed E-state index contributed by atoms with van der Waals surface area (Å²) >= 11 is 14.0. The standard InChI is InChI=1S/C20H22Cl2N2O3S2/c1-13-15-8-12-28-18(15)7-11-24(13)20(25)14-5-9-23(10-6-14)29(26,27)19-16(21)3-2-4-17(19)22/h2-4,8,12-14H,5-7,9-11H2,1H3/t13-/m1/s1. The van der Waals surface area contributed by atoms with Crippen molar-refractivity contribution in [2.75, 3.05) is 19.6 Å². The number of carbonyl (C=O) groups excluding carboxylic acids is 1. The van der Waals surface area contributed by atoms with Crippen LogP contribution in [-0.2, 0) is 21.2 Å². The summed E-state index contributed by atoms with van der Waals surface area (Å²) < 4.78 is 27.4. The van der Waals surface area contributed by atoms with Gasteiger partial charge in [0.25, 0.3) is 0 Å². The summed E-state index contributed by atoms with van der Waals surface area (Å²) in [6.07, 6.45) is 1.89. The Morgan fingerprint density at radius 2 is 1.76 bits per heavy atom. The molecule has 1 fully saturated rings. The van der Waals surface area contributed by atoms with Crippen LogP contribution >= 0.6 is 34.5 Å². The predicted octanol–water partition coefficient (Wildman–Crippen LogP) is 4.60. The Balaban J connectivity index is 1.45. The summed E-state index contributed by atoms with van der Waals surface area (Å²) in [5, 5.41) is 2.31. The van der Waals surface area contributed by atoms with Crippen molar-refractivity contribution in [3.8, 4) is 0 Å². The molecular weight excluding hydrogens is 451 g/mol. The Labute approximate surface area is 185 Å². The maximum absolute atomic E-state index is 13.1. The van der Waals surface area contributed by atoms with Crippen molar-refractivity contribution >= 4 is 50.5 Å². The van der Waals surface area contributed by atoms with Gasteiger partial charge in [-0.05, 0) is 55.3 Å². The molecule has 2 aliphatic rings. The number of carbonyl (C=O) groups is 1. The van der Waals surface area contributed by atoms with Crippen molar-refractivity contribution in [3.63, 3.8) is 0 Å². The van der Waals surface area contributed by atoms with Crippen molar-refractivity contribution in [1.29, 1.82) is 0 Å². The van der Waals surface area contributed by atoms with Crippen molar-refractivity contribution in [2.45, 2.75) is 37.1 Å².